The Morgan fingerprint density at radius 3 is 2.66 bits per heavy atom. The quantitative estimate of drug-likeness (QED) is 0.399. The van der Waals surface area contributed by atoms with Crippen LogP contribution >= 0.6 is 11.6 Å². The Balaban J connectivity index is 1.53. The summed E-state index contributed by atoms with van der Waals surface area (Å²) in [5, 5.41) is 27.2. The van der Waals surface area contributed by atoms with Gasteiger partial charge in [-0.15, -0.1) is 0 Å². The summed E-state index contributed by atoms with van der Waals surface area (Å²) in [6, 6.07) is 12.5. The van der Waals surface area contributed by atoms with Gasteiger partial charge < -0.3 is 29.5 Å². The molecule has 1 saturated heterocycles. The Bertz CT molecular complexity index is 1230. The molecule has 1 amide bonds. The highest BCUT2D eigenvalue weighted by Gasteiger charge is 2.31. The number of methoxy groups -OCH3 is 1. The highest BCUT2D eigenvalue weighted by atomic mass is 35.5. The van der Waals surface area contributed by atoms with Crippen molar-refractivity contribution in [2.24, 2.45) is 0 Å². The van der Waals surface area contributed by atoms with Gasteiger partial charge in [0.25, 0.3) is 11.8 Å². The van der Waals surface area contributed by atoms with Crippen LogP contribution in [0.4, 0.5) is 5.69 Å². The van der Waals surface area contributed by atoms with E-state index in [-0.39, 0.29) is 29.1 Å². The molecule has 2 atom stereocenters. The van der Waals surface area contributed by atoms with Crippen LogP contribution in [0.1, 0.15) is 29.4 Å². The number of hydrogen-bond donors (Lipinski definition) is 3. The number of carbonyl (C=O) groups excluding carboxylic acids is 1. The molecule has 3 heterocycles. The number of nitrogens with zero attached hydrogens (tertiary/aromatic N) is 1. The van der Waals surface area contributed by atoms with E-state index in [1.54, 1.807) is 12.1 Å². The zero-order valence-corrected chi connectivity index (χ0v) is 17.7. The smallest absolute Gasteiger partial charge is 0.260 e. The Labute approximate surface area is 188 Å². The molecule has 0 radical (unpaired) electrons. The summed E-state index contributed by atoms with van der Waals surface area (Å²) in [5.41, 5.74) is 3.54. The first-order chi connectivity index (χ1) is 15.4. The van der Waals surface area contributed by atoms with Gasteiger partial charge in [0, 0.05) is 17.5 Å². The fourth-order valence-corrected chi connectivity index (χ4v) is 4.23. The summed E-state index contributed by atoms with van der Waals surface area (Å²) in [7, 11) is 1.42. The molecule has 164 valence electrons. The van der Waals surface area contributed by atoms with Crippen molar-refractivity contribution >= 4 is 34.5 Å². The first kappa shape index (κ1) is 20.6. The van der Waals surface area contributed by atoms with Crippen LogP contribution < -0.4 is 10.1 Å². The zero-order valence-electron chi connectivity index (χ0n) is 17.0. The predicted molar refractivity (Wildman–Crippen MR) is 117 cm³/mol. The predicted octanol–water partition coefficient (Wildman–Crippen LogP) is 4.20. The molecular formula is C23H19ClN2O6. The number of carbonyl (C=O) groups is 1. The number of aliphatic hydroxyl groups excluding tert-OH is 2. The fraction of sp³-hybridized carbons (Fsp3) is 0.217. The van der Waals surface area contributed by atoms with Gasteiger partial charge in [-0.25, -0.2) is 0 Å². The Morgan fingerprint density at radius 1 is 1.22 bits per heavy atom. The molecule has 0 spiro atoms. The van der Waals surface area contributed by atoms with Gasteiger partial charge >= 0.3 is 0 Å². The van der Waals surface area contributed by atoms with E-state index in [9.17, 15) is 15.0 Å². The van der Waals surface area contributed by atoms with Crippen molar-refractivity contribution in [3.8, 4) is 17.0 Å². The SMILES string of the molecule is COc1cc(C(O)=C2C(=O)Nc3cc(Cl)c(-c4ccc([C@H]5C[C@H](O)CO5)cc4)cc32)on1. The lowest BCUT2D eigenvalue weighted by atomic mass is 9.96. The third kappa shape index (κ3) is 3.52. The summed E-state index contributed by atoms with van der Waals surface area (Å²) in [5.74, 6) is -0.633. The number of rotatable bonds is 4. The zero-order chi connectivity index (χ0) is 22.4. The average molecular weight is 455 g/mol. The Hall–Kier alpha value is -3.33. The maximum atomic E-state index is 12.6. The van der Waals surface area contributed by atoms with Crippen LogP contribution in [-0.2, 0) is 9.53 Å². The second-order valence-electron chi connectivity index (χ2n) is 7.62. The second-order valence-corrected chi connectivity index (χ2v) is 8.03. The number of anilines is 1. The van der Waals surface area contributed by atoms with E-state index in [4.69, 9.17) is 25.6 Å². The number of amides is 1. The summed E-state index contributed by atoms with van der Waals surface area (Å²) >= 11 is 6.51. The van der Waals surface area contributed by atoms with Crippen molar-refractivity contribution in [2.75, 3.05) is 19.0 Å². The number of ether oxygens (including phenoxy) is 2. The minimum atomic E-state index is -0.478. The van der Waals surface area contributed by atoms with Gasteiger partial charge in [-0.3, -0.25) is 4.79 Å². The molecule has 3 aromatic rings. The molecule has 8 nitrogen and oxygen atoms in total. The van der Waals surface area contributed by atoms with Gasteiger partial charge in [-0.05, 0) is 28.4 Å². The van der Waals surface area contributed by atoms with Gasteiger partial charge in [0.2, 0.25) is 5.76 Å². The third-order valence-electron chi connectivity index (χ3n) is 5.59. The van der Waals surface area contributed by atoms with Crippen LogP contribution in [0.2, 0.25) is 5.02 Å². The van der Waals surface area contributed by atoms with E-state index >= 15 is 0 Å². The van der Waals surface area contributed by atoms with E-state index < -0.39 is 12.0 Å². The van der Waals surface area contributed by atoms with Crippen molar-refractivity contribution in [3.05, 3.63) is 64.4 Å². The number of aromatic nitrogens is 1. The van der Waals surface area contributed by atoms with Gasteiger partial charge in [0.15, 0.2) is 5.76 Å². The molecule has 0 aliphatic carbocycles. The molecule has 1 fully saturated rings. The molecule has 0 bridgehead atoms. The molecule has 2 aromatic carbocycles. The number of benzene rings is 2. The molecule has 0 unspecified atom stereocenters. The van der Waals surface area contributed by atoms with E-state index in [2.05, 4.69) is 10.5 Å². The number of aliphatic hydroxyl groups is 2. The van der Waals surface area contributed by atoms with Crippen molar-refractivity contribution in [1.29, 1.82) is 0 Å². The van der Waals surface area contributed by atoms with Crippen LogP contribution in [0.15, 0.2) is 47.0 Å². The highest BCUT2D eigenvalue weighted by Crippen LogP contribution is 2.42. The van der Waals surface area contributed by atoms with Gasteiger partial charge in [0.05, 0.1) is 48.3 Å². The lowest BCUT2D eigenvalue weighted by Crippen LogP contribution is -2.05. The molecular weight excluding hydrogens is 436 g/mol. The van der Waals surface area contributed by atoms with Crippen LogP contribution in [0, 0.1) is 0 Å². The van der Waals surface area contributed by atoms with E-state index in [0.717, 1.165) is 11.1 Å². The topological polar surface area (TPSA) is 114 Å². The molecule has 5 rings (SSSR count). The third-order valence-corrected chi connectivity index (χ3v) is 5.90. The maximum absolute atomic E-state index is 12.6. The first-order valence-corrected chi connectivity index (χ1v) is 10.3. The standard InChI is InChI=1S/C23H19ClN2O6/c1-30-20-9-19(32-26-20)22(28)21-15-7-14(16(24)8-17(15)25-23(21)29)11-2-4-12(5-3-11)18-6-13(27)10-31-18/h2-5,7-9,13,18,27-28H,6,10H2,1H3,(H,25,29)/t13-,18+/m0/s1. The normalized spacial score (nSPS) is 21.4. The van der Waals surface area contributed by atoms with Crippen molar-refractivity contribution < 1.29 is 29.0 Å². The molecule has 1 aromatic heterocycles. The Kier molecular flexibility index (Phi) is 5.13. The van der Waals surface area contributed by atoms with Gasteiger partial charge in [0.1, 0.15) is 0 Å². The fourth-order valence-electron chi connectivity index (χ4n) is 3.96. The van der Waals surface area contributed by atoms with Crippen molar-refractivity contribution in [3.63, 3.8) is 0 Å². The average Bonchev–Trinajstić information content (AvgIpc) is 3.51. The first-order valence-electron chi connectivity index (χ1n) is 9.94. The van der Waals surface area contributed by atoms with Crippen LogP contribution in [0.3, 0.4) is 0 Å². The van der Waals surface area contributed by atoms with E-state index in [0.29, 0.717) is 34.9 Å². The molecule has 32 heavy (non-hydrogen) atoms. The molecule has 2 aliphatic heterocycles. The summed E-state index contributed by atoms with van der Waals surface area (Å²) < 4.78 is 15.7. The number of fused-ring (bicyclic) bond motifs is 1. The van der Waals surface area contributed by atoms with Crippen molar-refractivity contribution in [1.82, 2.24) is 5.16 Å². The van der Waals surface area contributed by atoms with Crippen LogP contribution in [0.5, 0.6) is 5.88 Å². The molecule has 3 N–H and O–H groups in total. The van der Waals surface area contributed by atoms with Crippen molar-refractivity contribution in [2.45, 2.75) is 18.6 Å². The van der Waals surface area contributed by atoms with Crippen LogP contribution in [-0.4, -0.2) is 41.1 Å². The molecule has 9 heteroatoms. The van der Waals surface area contributed by atoms with Gasteiger partial charge in [-0.2, -0.15) is 0 Å². The summed E-state index contributed by atoms with van der Waals surface area (Å²) in [6.45, 7) is 0.333. The maximum Gasteiger partial charge on any atom is 0.260 e. The Morgan fingerprint density at radius 2 is 2.00 bits per heavy atom. The minimum Gasteiger partial charge on any atom is -0.504 e. The van der Waals surface area contributed by atoms with E-state index in [1.165, 1.54) is 13.2 Å². The van der Waals surface area contributed by atoms with E-state index in [1.807, 2.05) is 24.3 Å². The number of nitrogens with one attached hydrogen (secondary N) is 1. The number of halogens is 1. The lowest BCUT2D eigenvalue weighted by molar-refractivity contribution is -0.110. The monoisotopic (exact) mass is 454 g/mol. The second kappa shape index (κ2) is 7.98. The highest BCUT2D eigenvalue weighted by molar-refractivity contribution is 6.38. The van der Waals surface area contributed by atoms with Crippen LogP contribution in [0.25, 0.3) is 22.5 Å². The molecule has 2 aliphatic rings. The largest absolute Gasteiger partial charge is 0.504 e. The van der Waals surface area contributed by atoms with Gasteiger partial charge in [-0.1, -0.05) is 35.9 Å². The lowest BCUT2D eigenvalue weighted by Gasteiger charge is -2.12. The summed E-state index contributed by atoms with van der Waals surface area (Å²) in [6.07, 6.45) is -0.0214. The number of hydrogen-bond acceptors (Lipinski definition) is 7. The summed E-state index contributed by atoms with van der Waals surface area (Å²) in [4.78, 5) is 12.6. The molecule has 0 saturated carbocycles. The minimum absolute atomic E-state index is 0.0134.